The molecule has 2 aromatic rings. The smallest absolute Gasteiger partial charge is 0.187 e. The maximum Gasteiger partial charge on any atom is 0.187 e. The van der Waals surface area contributed by atoms with Crippen LogP contribution in [0.2, 0.25) is 0 Å². The van der Waals surface area contributed by atoms with Crippen LogP contribution in [-0.2, 0) is 0 Å². The molecule has 0 heterocycles. The van der Waals surface area contributed by atoms with Gasteiger partial charge >= 0.3 is 0 Å². The lowest BCUT2D eigenvalue weighted by atomic mass is 10.2. The second kappa shape index (κ2) is 4.50. The van der Waals surface area contributed by atoms with Crippen LogP contribution in [0.15, 0.2) is 48.5 Å². The molecule has 0 aromatic heterocycles. The molecule has 0 unspecified atom stereocenters. The lowest BCUT2D eigenvalue weighted by Crippen LogP contribution is -1.89. The van der Waals surface area contributed by atoms with Gasteiger partial charge in [0.2, 0.25) is 0 Å². The van der Waals surface area contributed by atoms with Crippen LogP contribution in [0.3, 0.4) is 0 Å². The maximum absolute atomic E-state index is 6.86. The van der Waals surface area contributed by atoms with Gasteiger partial charge in [0, 0.05) is 11.4 Å². The first-order chi connectivity index (χ1) is 7.78. The van der Waals surface area contributed by atoms with E-state index in [9.17, 15) is 0 Å². The third-order valence-corrected chi connectivity index (χ3v) is 2.34. The fourth-order valence-electron chi connectivity index (χ4n) is 1.42. The van der Waals surface area contributed by atoms with Crippen LogP contribution in [0.5, 0.6) is 0 Å². The summed E-state index contributed by atoms with van der Waals surface area (Å²) >= 11 is 0. The van der Waals surface area contributed by atoms with Gasteiger partial charge in [-0.05, 0) is 31.2 Å². The van der Waals surface area contributed by atoms with Gasteiger partial charge in [0.25, 0.3) is 0 Å². The number of anilines is 2. The molecule has 2 heteroatoms. The van der Waals surface area contributed by atoms with Gasteiger partial charge in [-0.3, -0.25) is 0 Å². The monoisotopic (exact) mass is 208 g/mol. The van der Waals surface area contributed by atoms with Crippen molar-refractivity contribution in [3.63, 3.8) is 0 Å². The minimum Gasteiger partial charge on any atom is -0.356 e. The Kier molecular flexibility index (Phi) is 2.88. The summed E-state index contributed by atoms with van der Waals surface area (Å²) in [6.45, 7) is 8.93. The third kappa shape index (κ3) is 2.40. The average Bonchev–Trinajstić information content (AvgIpc) is 2.33. The van der Waals surface area contributed by atoms with E-state index in [0.29, 0.717) is 5.69 Å². The van der Waals surface area contributed by atoms with Crippen molar-refractivity contribution in [2.45, 2.75) is 6.92 Å². The van der Waals surface area contributed by atoms with Gasteiger partial charge in [-0.1, -0.05) is 29.8 Å². The minimum absolute atomic E-state index is 0.662. The fourth-order valence-corrected chi connectivity index (χ4v) is 1.42. The molecule has 0 bridgehead atoms. The van der Waals surface area contributed by atoms with E-state index in [0.717, 1.165) is 11.4 Å². The second-order valence-electron chi connectivity index (χ2n) is 3.65. The molecule has 2 nitrogen and oxygen atoms in total. The van der Waals surface area contributed by atoms with Crippen molar-refractivity contribution in [2.24, 2.45) is 0 Å². The molecule has 16 heavy (non-hydrogen) atoms. The summed E-state index contributed by atoms with van der Waals surface area (Å²) in [6, 6.07) is 15.6. The van der Waals surface area contributed by atoms with E-state index in [1.165, 1.54) is 5.56 Å². The van der Waals surface area contributed by atoms with Gasteiger partial charge in [-0.2, -0.15) is 0 Å². The van der Waals surface area contributed by atoms with Crippen molar-refractivity contribution in [3.05, 3.63) is 65.5 Å². The first-order valence-electron chi connectivity index (χ1n) is 5.09. The molecular formula is C14H12N2. The first kappa shape index (κ1) is 10.3. The van der Waals surface area contributed by atoms with Crippen molar-refractivity contribution in [1.82, 2.24) is 0 Å². The van der Waals surface area contributed by atoms with Crippen LogP contribution in [-0.4, -0.2) is 0 Å². The number of nitrogens with one attached hydrogen (secondary N) is 1. The lowest BCUT2D eigenvalue weighted by molar-refractivity contribution is 1.45. The van der Waals surface area contributed by atoms with Gasteiger partial charge in [-0.15, -0.1) is 0 Å². The Labute approximate surface area is 95.4 Å². The Morgan fingerprint density at radius 2 is 1.38 bits per heavy atom. The number of aryl methyl sites for hydroxylation is 1. The number of hydrogen-bond acceptors (Lipinski definition) is 1. The molecule has 2 rings (SSSR count). The molecule has 0 saturated heterocycles. The van der Waals surface area contributed by atoms with Crippen LogP contribution in [0.25, 0.3) is 4.85 Å². The molecule has 0 amide bonds. The average molecular weight is 208 g/mol. The van der Waals surface area contributed by atoms with E-state index < -0.39 is 0 Å². The molecular weight excluding hydrogens is 196 g/mol. The SMILES string of the molecule is [C-]#[N+]c1ccc(Nc2ccc(C)cc2)cc1. The normalized spacial score (nSPS) is 9.50. The van der Waals surface area contributed by atoms with Gasteiger partial charge in [0.1, 0.15) is 0 Å². The van der Waals surface area contributed by atoms with E-state index in [2.05, 4.69) is 29.2 Å². The van der Waals surface area contributed by atoms with Crippen LogP contribution < -0.4 is 5.32 Å². The highest BCUT2D eigenvalue weighted by Gasteiger charge is 1.94. The van der Waals surface area contributed by atoms with Crippen molar-refractivity contribution < 1.29 is 0 Å². The molecule has 0 saturated carbocycles. The van der Waals surface area contributed by atoms with E-state index in [4.69, 9.17) is 6.57 Å². The Hall–Kier alpha value is -2.27. The molecule has 0 radical (unpaired) electrons. The number of benzene rings is 2. The third-order valence-electron chi connectivity index (χ3n) is 2.34. The summed E-state index contributed by atoms with van der Waals surface area (Å²) in [6.07, 6.45) is 0. The van der Waals surface area contributed by atoms with Crippen LogP contribution in [0, 0.1) is 13.5 Å². The summed E-state index contributed by atoms with van der Waals surface area (Å²) in [7, 11) is 0. The van der Waals surface area contributed by atoms with E-state index in [-0.39, 0.29) is 0 Å². The first-order valence-corrected chi connectivity index (χ1v) is 5.09. The summed E-state index contributed by atoms with van der Waals surface area (Å²) in [4.78, 5) is 3.35. The molecule has 0 fully saturated rings. The van der Waals surface area contributed by atoms with E-state index >= 15 is 0 Å². The van der Waals surface area contributed by atoms with Gasteiger partial charge in [0.05, 0.1) is 6.57 Å². The predicted octanol–water partition coefficient (Wildman–Crippen LogP) is 4.29. The van der Waals surface area contributed by atoms with Crippen molar-refractivity contribution in [3.8, 4) is 0 Å². The van der Waals surface area contributed by atoms with Crippen LogP contribution >= 0.6 is 0 Å². The molecule has 1 N–H and O–H groups in total. The lowest BCUT2D eigenvalue weighted by Gasteiger charge is -2.06. The van der Waals surface area contributed by atoms with Gasteiger partial charge < -0.3 is 5.32 Å². The highest BCUT2D eigenvalue weighted by atomic mass is 14.9. The Morgan fingerprint density at radius 1 is 0.875 bits per heavy atom. The number of hydrogen-bond donors (Lipinski definition) is 1. The van der Waals surface area contributed by atoms with Crippen molar-refractivity contribution >= 4 is 17.1 Å². The number of nitrogens with zero attached hydrogens (tertiary/aromatic N) is 1. The quantitative estimate of drug-likeness (QED) is 0.728. The highest BCUT2D eigenvalue weighted by Crippen LogP contribution is 2.20. The zero-order valence-electron chi connectivity index (χ0n) is 9.07. The minimum atomic E-state index is 0.662. The number of rotatable bonds is 2. The van der Waals surface area contributed by atoms with Crippen LogP contribution in [0.1, 0.15) is 5.56 Å². The Balaban J connectivity index is 2.15. The van der Waals surface area contributed by atoms with E-state index in [1.54, 1.807) is 0 Å². The molecule has 0 spiro atoms. The molecule has 0 aliphatic rings. The second-order valence-corrected chi connectivity index (χ2v) is 3.65. The molecule has 0 aliphatic carbocycles. The summed E-state index contributed by atoms with van der Waals surface area (Å²) in [5.74, 6) is 0. The van der Waals surface area contributed by atoms with Gasteiger partial charge in [0.15, 0.2) is 5.69 Å². The van der Waals surface area contributed by atoms with E-state index in [1.807, 2.05) is 36.4 Å². The summed E-state index contributed by atoms with van der Waals surface area (Å²) < 4.78 is 0. The summed E-state index contributed by atoms with van der Waals surface area (Å²) in [5.41, 5.74) is 3.96. The standard InChI is InChI=1S/C14H12N2/c1-11-3-5-13(6-4-11)16-14-9-7-12(15-2)8-10-14/h3-10,16H,1H3. The zero-order chi connectivity index (χ0) is 11.4. The van der Waals surface area contributed by atoms with Crippen LogP contribution in [0.4, 0.5) is 17.1 Å². The summed E-state index contributed by atoms with van der Waals surface area (Å²) in [5, 5.41) is 3.28. The maximum atomic E-state index is 6.86. The predicted molar refractivity (Wildman–Crippen MR) is 67.2 cm³/mol. The molecule has 2 aromatic carbocycles. The topological polar surface area (TPSA) is 16.4 Å². The van der Waals surface area contributed by atoms with Crippen molar-refractivity contribution in [2.75, 3.05) is 5.32 Å². The molecule has 0 atom stereocenters. The van der Waals surface area contributed by atoms with Gasteiger partial charge in [-0.25, -0.2) is 4.85 Å². The molecule has 0 aliphatic heterocycles. The highest BCUT2D eigenvalue weighted by molar-refractivity contribution is 5.62. The Morgan fingerprint density at radius 3 is 1.88 bits per heavy atom. The zero-order valence-corrected chi connectivity index (χ0v) is 9.07. The Bertz CT molecular complexity index is 504. The van der Waals surface area contributed by atoms with Crippen molar-refractivity contribution in [1.29, 1.82) is 0 Å². The largest absolute Gasteiger partial charge is 0.356 e. The fraction of sp³-hybridized carbons (Fsp3) is 0.0714. The molecule has 78 valence electrons.